The highest BCUT2D eigenvalue weighted by Gasteiger charge is 2.53. The Balaban J connectivity index is 1.22. The number of anilines is 1. The molecule has 2 aliphatic heterocycles. The highest BCUT2D eigenvalue weighted by molar-refractivity contribution is 5.75. The molecule has 3 fully saturated rings. The summed E-state index contributed by atoms with van der Waals surface area (Å²) in [6.07, 6.45) is 1.90. The molecule has 2 saturated heterocycles. The average molecular weight is 325 g/mol. The third-order valence-corrected chi connectivity index (χ3v) is 5.58. The minimum atomic E-state index is -0.00813. The first-order chi connectivity index (χ1) is 11.7. The molecule has 4 rings (SSSR count). The van der Waals surface area contributed by atoms with Crippen LogP contribution in [0.2, 0.25) is 0 Å². The molecule has 1 aromatic carbocycles. The second-order valence-corrected chi connectivity index (χ2v) is 7.05. The Kier molecular flexibility index (Phi) is 4.03. The van der Waals surface area contributed by atoms with Gasteiger partial charge in [0, 0.05) is 44.0 Å². The first-order valence-corrected chi connectivity index (χ1v) is 8.77. The molecule has 3 aliphatic rings. The van der Waals surface area contributed by atoms with Gasteiger partial charge in [0.05, 0.1) is 11.6 Å². The van der Waals surface area contributed by atoms with Crippen molar-refractivity contribution in [1.29, 1.82) is 5.26 Å². The van der Waals surface area contributed by atoms with Gasteiger partial charge in [0.1, 0.15) is 0 Å². The molecule has 1 unspecified atom stereocenters. The molecule has 0 bridgehead atoms. The van der Waals surface area contributed by atoms with Crippen molar-refractivity contribution in [2.45, 2.75) is 24.9 Å². The number of nitrogens with one attached hydrogen (secondary N) is 3. The number of hydrogen-bond donors (Lipinski definition) is 3. The van der Waals surface area contributed by atoms with Gasteiger partial charge in [0.15, 0.2) is 0 Å². The third kappa shape index (κ3) is 3.04. The lowest BCUT2D eigenvalue weighted by atomic mass is 10.0. The summed E-state index contributed by atoms with van der Waals surface area (Å²) in [5.74, 6) is 1.29. The SMILES string of the molecule is N#Cc1ccc(N2CCC(NC(=O)NC3[C@H]4CNC[C@@H]34)CC2)cc1. The lowest BCUT2D eigenvalue weighted by Gasteiger charge is -2.34. The third-order valence-electron chi connectivity index (χ3n) is 5.58. The van der Waals surface area contributed by atoms with E-state index in [1.54, 1.807) is 0 Å². The van der Waals surface area contributed by atoms with Gasteiger partial charge in [-0.05, 0) is 48.9 Å². The molecule has 2 heterocycles. The number of carbonyl (C=O) groups excluding carboxylic acids is 1. The van der Waals surface area contributed by atoms with Gasteiger partial charge in [-0.2, -0.15) is 5.26 Å². The van der Waals surface area contributed by atoms with Gasteiger partial charge in [-0.15, -0.1) is 0 Å². The van der Waals surface area contributed by atoms with Crippen LogP contribution < -0.4 is 20.9 Å². The molecular weight excluding hydrogens is 302 g/mol. The molecule has 2 amide bonds. The molecule has 3 atom stereocenters. The van der Waals surface area contributed by atoms with E-state index in [1.807, 2.05) is 24.3 Å². The quantitative estimate of drug-likeness (QED) is 0.776. The van der Waals surface area contributed by atoms with E-state index in [4.69, 9.17) is 5.26 Å². The van der Waals surface area contributed by atoms with E-state index in [0.717, 1.165) is 44.7 Å². The largest absolute Gasteiger partial charge is 0.371 e. The lowest BCUT2D eigenvalue weighted by molar-refractivity contribution is 0.233. The van der Waals surface area contributed by atoms with Gasteiger partial charge < -0.3 is 20.9 Å². The second kappa shape index (κ2) is 6.33. The van der Waals surface area contributed by atoms with Gasteiger partial charge >= 0.3 is 6.03 Å². The number of hydrogen-bond acceptors (Lipinski definition) is 4. The maximum Gasteiger partial charge on any atom is 0.315 e. The number of amides is 2. The summed E-state index contributed by atoms with van der Waals surface area (Å²) in [6.45, 7) is 3.93. The number of benzene rings is 1. The van der Waals surface area contributed by atoms with Crippen molar-refractivity contribution in [3.63, 3.8) is 0 Å². The van der Waals surface area contributed by atoms with E-state index < -0.39 is 0 Å². The van der Waals surface area contributed by atoms with E-state index in [1.165, 1.54) is 0 Å². The van der Waals surface area contributed by atoms with Crippen molar-refractivity contribution in [3.8, 4) is 6.07 Å². The summed E-state index contributed by atoms with van der Waals surface area (Å²) in [5.41, 5.74) is 1.84. The number of fused-ring (bicyclic) bond motifs is 1. The van der Waals surface area contributed by atoms with Crippen molar-refractivity contribution in [1.82, 2.24) is 16.0 Å². The Morgan fingerprint density at radius 3 is 2.42 bits per heavy atom. The zero-order valence-corrected chi connectivity index (χ0v) is 13.7. The Morgan fingerprint density at radius 1 is 1.12 bits per heavy atom. The molecule has 1 aromatic rings. The normalized spacial score (nSPS) is 28.8. The standard InChI is InChI=1S/C18H23N5O/c19-9-12-1-3-14(4-2-12)23-7-5-13(6-8-23)21-18(24)22-17-15-10-20-11-16(15)17/h1-4,13,15-17,20H,5-8,10-11H2,(H2,21,22,24)/t15-,16+,17?. The molecule has 1 aliphatic carbocycles. The monoisotopic (exact) mass is 325 g/mol. The van der Waals surface area contributed by atoms with Gasteiger partial charge in [0.25, 0.3) is 0 Å². The van der Waals surface area contributed by atoms with Crippen LogP contribution in [0.3, 0.4) is 0 Å². The van der Waals surface area contributed by atoms with E-state index in [9.17, 15) is 4.79 Å². The number of piperidine rings is 2. The lowest BCUT2D eigenvalue weighted by Crippen LogP contribution is -2.49. The predicted octanol–water partition coefficient (Wildman–Crippen LogP) is 1.04. The fourth-order valence-corrected chi connectivity index (χ4v) is 4.04. The molecule has 24 heavy (non-hydrogen) atoms. The maximum atomic E-state index is 12.1. The molecule has 0 aromatic heterocycles. The summed E-state index contributed by atoms with van der Waals surface area (Å²) in [5, 5.41) is 18.5. The van der Waals surface area contributed by atoms with Gasteiger partial charge in [-0.1, -0.05) is 0 Å². The molecule has 6 heteroatoms. The molecule has 0 radical (unpaired) electrons. The van der Waals surface area contributed by atoms with Crippen LogP contribution >= 0.6 is 0 Å². The van der Waals surface area contributed by atoms with Crippen LogP contribution in [0.25, 0.3) is 0 Å². The van der Waals surface area contributed by atoms with Crippen LogP contribution in [0.5, 0.6) is 0 Å². The zero-order chi connectivity index (χ0) is 16.5. The zero-order valence-electron chi connectivity index (χ0n) is 13.7. The number of urea groups is 1. The van der Waals surface area contributed by atoms with Crippen LogP contribution in [0.4, 0.5) is 10.5 Å². The average Bonchev–Trinajstić information content (AvgIpc) is 3.04. The number of rotatable bonds is 3. The Morgan fingerprint density at radius 2 is 1.79 bits per heavy atom. The molecule has 6 nitrogen and oxygen atoms in total. The van der Waals surface area contributed by atoms with E-state index in [2.05, 4.69) is 26.9 Å². The molecule has 1 saturated carbocycles. The van der Waals surface area contributed by atoms with E-state index >= 15 is 0 Å². The minimum Gasteiger partial charge on any atom is -0.371 e. The van der Waals surface area contributed by atoms with Crippen LogP contribution in [-0.4, -0.2) is 44.3 Å². The van der Waals surface area contributed by atoms with Crippen LogP contribution in [0, 0.1) is 23.2 Å². The number of nitrogens with zero attached hydrogens (tertiary/aromatic N) is 2. The fourth-order valence-electron chi connectivity index (χ4n) is 4.04. The van der Waals surface area contributed by atoms with Crippen LogP contribution in [0.15, 0.2) is 24.3 Å². The first kappa shape index (κ1) is 15.3. The second-order valence-electron chi connectivity index (χ2n) is 7.05. The molecular formula is C18H23N5O. The predicted molar refractivity (Wildman–Crippen MR) is 91.7 cm³/mol. The molecule has 126 valence electrons. The maximum absolute atomic E-state index is 12.1. The van der Waals surface area contributed by atoms with Crippen molar-refractivity contribution < 1.29 is 4.79 Å². The summed E-state index contributed by atoms with van der Waals surface area (Å²) in [7, 11) is 0. The summed E-state index contributed by atoms with van der Waals surface area (Å²) in [6, 6.07) is 10.5. The highest BCUT2D eigenvalue weighted by Crippen LogP contribution is 2.41. The Labute approximate surface area is 142 Å². The first-order valence-electron chi connectivity index (χ1n) is 8.77. The number of carbonyl (C=O) groups is 1. The molecule has 0 spiro atoms. The Bertz CT molecular complexity index is 634. The number of nitriles is 1. The van der Waals surface area contributed by atoms with Crippen molar-refractivity contribution in [2.75, 3.05) is 31.1 Å². The van der Waals surface area contributed by atoms with Crippen molar-refractivity contribution in [3.05, 3.63) is 29.8 Å². The molecule has 3 N–H and O–H groups in total. The van der Waals surface area contributed by atoms with Crippen LogP contribution in [-0.2, 0) is 0 Å². The highest BCUT2D eigenvalue weighted by atomic mass is 16.2. The van der Waals surface area contributed by atoms with Crippen molar-refractivity contribution >= 4 is 11.7 Å². The summed E-state index contributed by atoms with van der Waals surface area (Å²) >= 11 is 0. The van der Waals surface area contributed by atoms with Gasteiger partial charge in [-0.25, -0.2) is 4.79 Å². The van der Waals surface area contributed by atoms with Gasteiger partial charge in [0.2, 0.25) is 0 Å². The minimum absolute atomic E-state index is 0.00813. The van der Waals surface area contributed by atoms with E-state index in [0.29, 0.717) is 23.4 Å². The van der Waals surface area contributed by atoms with Crippen molar-refractivity contribution in [2.24, 2.45) is 11.8 Å². The fraction of sp³-hybridized carbons (Fsp3) is 0.556. The smallest absolute Gasteiger partial charge is 0.315 e. The van der Waals surface area contributed by atoms with Crippen LogP contribution in [0.1, 0.15) is 18.4 Å². The van der Waals surface area contributed by atoms with E-state index in [-0.39, 0.29) is 12.1 Å². The van der Waals surface area contributed by atoms with Gasteiger partial charge in [-0.3, -0.25) is 0 Å². The summed E-state index contributed by atoms with van der Waals surface area (Å²) < 4.78 is 0. The summed E-state index contributed by atoms with van der Waals surface area (Å²) in [4.78, 5) is 14.4. The topological polar surface area (TPSA) is 80.2 Å². The Hall–Kier alpha value is -2.26.